The van der Waals surface area contributed by atoms with Crippen LogP contribution in [0.25, 0.3) is 0 Å². The zero-order chi connectivity index (χ0) is 26.1. The van der Waals surface area contributed by atoms with Crippen molar-refractivity contribution in [2.24, 2.45) is 0 Å². The minimum atomic E-state index is -1.01. The van der Waals surface area contributed by atoms with Crippen molar-refractivity contribution in [3.63, 3.8) is 0 Å². The number of amides is 2. The van der Waals surface area contributed by atoms with E-state index in [-0.39, 0.29) is 18.4 Å². The molecule has 1 unspecified atom stereocenters. The van der Waals surface area contributed by atoms with Gasteiger partial charge < -0.3 is 15.0 Å². The van der Waals surface area contributed by atoms with Crippen molar-refractivity contribution in [2.45, 2.75) is 51.6 Å². The molecule has 0 aliphatic rings. The molecule has 190 valence electrons. The van der Waals surface area contributed by atoms with Gasteiger partial charge in [0.2, 0.25) is 5.91 Å². The van der Waals surface area contributed by atoms with E-state index in [1.165, 1.54) is 18.3 Å². The number of hydroxylamine groups is 1. The zero-order valence-electron chi connectivity index (χ0n) is 19.9. The molecule has 0 radical (unpaired) electrons. The smallest absolute Gasteiger partial charge is 0.335 e. The number of aromatic nitrogens is 2. The van der Waals surface area contributed by atoms with Crippen LogP contribution in [0.1, 0.15) is 64.0 Å². The van der Waals surface area contributed by atoms with E-state index in [1.807, 2.05) is 12.1 Å². The molecule has 2 amide bonds. The van der Waals surface area contributed by atoms with Crippen LogP contribution in [0.5, 0.6) is 0 Å². The number of imidazole rings is 1. The van der Waals surface area contributed by atoms with Crippen LogP contribution < -0.4 is 10.8 Å². The number of hydrogen-bond acceptors (Lipinski definition) is 5. The number of carboxylic acids is 1. The maximum absolute atomic E-state index is 13.4. The SMILES string of the molecule is CCCCc1ncc(C(=O)NC(CC(=O)NO)Cc2ccccc2Cl)n1Cc1ccc(C(=O)O)cc1. The minimum absolute atomic E-state index is 0.152. The van der Waals surface area contributed by atoms with Gasteiger partial charge in [0.05, 0.1) is 11.8 Å². The van der Waals surface area contributed by atoms with Gasteiger partial charge >= 0.3 is 5.97 Å². The number of carbonyl (C=O) groups excluding carboxylic acids is 2. The van der Waals surface area contributed by atoms with Gasteiger partial charge in [-0.3, -0.25) is 14.8 Å². The Kier molecular flexibility index (Phi) is 9.61. The number of unbranched alkanes of at least 4 members (excludes halogenated alkanes) is 1. The van der Waals surface area contributed by atoms with Gasteiger partial charge in [-0.15, -0.1) is 0 Å². The number of carbonyl (C=O) groups is 3. The van der Waals surface area contributed by atoms with E-state index in [9.17, 15) is 14.4 Å². The largest absolute Gasteiger partial charge is 0.478 e. The molecular weight excluding hydrogens is 484 g/mol. The van der Waals surface area contributed by atoms with Crippen LogP contribution in [0.4, 0.5) is 0 Å². The van der Waals surface area contributed by atoms with Gasteiger partial charge in [-0.1, -0.05) is 55.3 Å². The summed E-state index contributed by atoms with van der Waals surface area (Å²) in [4.78, 5) is 40.9. The Morgan fingerprint density at radius 1 is 1.11 bits per heavy atom. The third-order valence-electron chi connectivity index (χ3n) is 5.78. The third-order valence-corrected chi connectivity index (χ3v) is 6.15. The number of carboxylic acid groups (broad SMARTS) is 1. The molecule has 0 spiro atoms. The van der Waals surface area contributed by atoms with Crippen LogP contribution >= 0.6 is 11.6 Å². The lowest BCUT2D eigenvalue weighted by molar-refractivity contribution is -0.129. The Morgan fingerprint density at radius 3 is 2.47 bits per heavy atom. The molecule has 9 nitrogen and oxygen atoms in total. The van der Waals surface area contributed by atoms with E-state index in [4.69, 9.17) is 21.9 Å². The highest BCUT2D eigenvalue weighted by Crippen LogP contribution is 2.19. The van der Waals surface area contributed by atoms with Gasteiger partial charge in [0.15, 0.2) is 0 Å². The van der Waals surface area contributed by atoms with Crippen LogP contribution in [-0.4, -0.2) is 43.7 Å². The highest BCUT2D eigenvalue weighted by Gasteiger charge is 2.22. The minimum Gasteiger partial charge on any atom is -0.478 e. The van der Waals surface area contributed by atoms with Crippen LogP contribution in [0, 0.1) is 0 Å². The Morgan fingerprint density at radius 2 is 1.83 bits per heavy atom. The molecule has 0 aliphatic heterocycles. The fourth-order valence-corrected chi connectivity index (χ4v) is 4.09. The molecular formula is C26H29ClN4O5. The highest BCUT2D eigenvalue weighted by molar-refractivity contribution is 6.31. The molecule has 0 aliphatic carbocycles. The molecule has 3 rings (SSSR count). The first-order valence-electron chi connectivity index (χ1n) is 11.7. The molecule has 1 heterocycles. The molecule has 1 atom stereocenters. The standard InChI is InChI=1S/C26H29ClN4O5/c1-2-3-8-23-28-15-22(31(23)16-17-9-11-18(12-10-17)26(34)35)25(33)29-20(14-24(32)30-36)13-19-6-4-5-7-21(19)27/h4-7,9-12,15,20,36H,2-3,8,13-14,16H2,1H3,(H,29,33)(H,30,32)(H,34,35). The van der Waals surface area contributed by atoms with Gasteiger partial charge in [-0.05, 0) is 42.2 Å². The number of nitrogens with zero attached hydrogens (tertiary/aromatic N) is 2. The summed E-state index contributed by atoms with van der Waals surface area (Å²) in [6.45, 7) is 2.39. The summed E-state index contributed by atoms with van der Waals surface area (Å²) in [6, 6.07) is 13.0. The summed E-state index contributed by atoms with van der Waals surface area (Å²) in [7, 11) is 0. The average molecular weight is 513 g/mol. The van der Waals surface area contributed by atoms with Gasteiger partial charge in [-0.25, -0.2) is 15.3 Å². The zero-order valence-corrected chi connectivity index (χ0v) is 20.7. The Labute approximate surface area is 214 Å². The van der Waals surface area contributed by atoms with E-state index in [0.29, 0.717) is 23.7 Å². The number of nitrogens with one attached hydrogen (secondary N) is 2. The van der Waals surface area contributed by atoms with Gasteiger partial charge in [-0.2, -0.15) is 0 Å². The van der Waals surface area contributed by atoms with Crippen molar-refractivity contribution in [1.29, 1.82) is 0 Å². The number of aryl methyl sites for hydroxylation is 1. The second-order valence-corrected chi connectivity index (χ2v) is 8.86. The molecule has 4 N–H and O–H groups in total. The van der Waals surface area contributed by atoms with Crippen molar-refractivity contribution >= 4 is 29.4 Å². The first-order chi connectivity index (χ1) is 17.3. The predicted octanol–water partition coefficient (Wildman–Crippen LogP) is 3.86. The second-order valence-electron chi connectivity index (χ2n) is 8.46. The average Bonchev–Trinajstić information content (AvgIpc) is 3.26. The van der Waals surface area contributed by atoms with Crippen LogP contribution in [0.3, 0.4) is 0 Å². The maximum atomic E-state index is 13.4. The molecule has 0 saturated carbocycles. The van der Waals surface area contributed by atoms with Crippen molar-refractivity contribution in [3.05, 3.63) is 88.0 Å². The molecule has 10 heteroatoms. The lowest BCUT2D eigenvalue weighted by Gasteiger charge is -2.20. The summed E-state index contributed by atoms with van der Waals surface area (Å²) < 4.78 is 1.80. The van der Waals surface area contributed by atoms with Crippen LogP contribution in [0.2, 0.25) is 5.02 Å². The lowest BCUT2D eigenvalue weighted by atomic mass is 10.0. The van der Waals surface area contributed by atoms with Crippen LogP contribution in [0.15, 0.2) is 54.7 Å². The fraction of sp³-hybridized carbons (Fsp3) is 0.308. The van der Waals surface area contributed by atoms with E-state index >= 15 is 0 Å². The van der Waals surface area contributed by atoms with Gasteiger partial charge in [0.25, 0.3) is 5.91 Å². The summed E-state index contributed by atoms with van der Waals surface area (Å²) >= 11 is 6.28. The van der Waals surface area contributed by atoms with Gasteiger partial charge in [0.1, 0.15) is 11.5 Å². The van der Waals surface area contributed by atoms with Crippen molar-refractivity contribution in [3.8, 4) is 0 Å². The Bertz CT molecular complexity index is 1210. The Balaban J connectivity index is 1.87. The van der Waals surface area contributed by atoms with Crippen LogP contribution in [-0.2, 0) is 24.2 Å². The van der Waals surface area contributed by atoms with Crippen molar-refractivity contribution in [1.82, 2.24) is 20.3 Å². The number of aromatic carboxylic acids is 1. The highest BCUT2D eigenvalue weighted by atomic mass is 35.5. The normalized spacial score (nSPS) is 11.6. The predicted molar refractivity (Wildman–Crippen MR) is 134 cm³/mol. The number of rotatable bonds is 12. The van der Waals surface area contributed by atoms with E-state index in [0.717, 1.165) is 29.8 Å². The lowest BCUT2D eigenvalue weighted by Crippen LogP contribution is -2.41. The topological polar surface area (TPSA) is 134 Å². The summed E-state index contributed by atoms with van der Waals surface area (Å²) in [5.41, 5.74) is 3.68. The number of benzene rings is 2. The molecule has 0 fully saturated rings. The molecule has 0 saturated heterocycles. The summed E-state index contributed by atoms with van der Waals surface area (Å²) in [5.74, 6) is -1.33. The second kappa shape index (κ2) is 12.9. The molecule has 1 aromatic heterocycles. The summed E-state index contributed by atoms with van der Waals surface area (Å²) in [5, 5.41) is 21.6. The monoisotopic (exact) mass is 512 g/mol. The Hall–Kier alpha value is -3.69. The van der Waals surface area contributed by atoms with Gasteiger partial charge in [0, 0.05) is 30.5 Å². The fourth-order valence-electron chi connectivity index (χ4n) is 3.87. The maximum Gasteiger partial charge on any atom is 0.335 e. The summed E-state index contributed by atoms with van der Waals surface area (Å²) in [6.07, 6.45) is 4.16. The quantitative estimate of drug-likeness (QED) is 0.215. The third kappa shape index (κ3) is 7.16. The molecule has 3 aromatic rings. The molecule has 2 aromatic carbocycles. The van der Waals surface area contributed by atoms with E-state index < -0.39 is 23.8 Å². The number of hydrogen-bond donors (Lipinski definition) is 4. The number of halogens is 1. The molecule has 0 bridgehead atoms. The first kappa shape index (κ1) is 26.9. The van der Waals surface area contributed by atoms with Crippen molar-refractivity contribution < 1.29 is 24.7 Å². The first-order valence-corrected chi connectivity index (χ1v) is 12.0. The van der Waals surface area contributed by atoms with E-state index in [1.54, 1.807) is 34.3 Å². The molecule has 36 heavy (non-hydrogen) atoms. The van der Waals surface area contributed by atoms with Crippen molar-refractivity contribution in [2.75, 3.05) is 0 Å². The van der Waals surface area contributed by atoms with E-state index in [2.05, 4.69) is 17.2 Å².